The highest BCUT2D eigenvalue weighted by molar-refractivity contribution is 5.56. The first-order valence-corrected chi connectivity index (χ1v) is 7.82. The molecule has 0 aliphatic rings. The lowest BCUT2D eigenvalue weighted by molar-refractivity contribution is 0.879. The van der Waals surface area contributed by atoms with Gasteiger partial charge in [0.1, 0.15) is 0 Å². The molecule has 4 N–H and O–H groups in total. The summed E-state index contributed by atoms with van der Waals surface area (Å²) in [6, 6.07) is 18.5. The van der Waals surface area contributed by atoms with E-state index in [1.165, 1.54) is 10.6 Å². The molecule has 124 valence electrons. The summed E-state index contributed by atoms with van der Waals surface area (Å²) in [6.07, 6.45) is 0. The number of anilines is 2. The van der Waals surface area contributed by atoms with Crippen LogP contribution in [0.15, 0.2) is 65.5 Å². The van der Waals surface area contributed by atoms with Crippen LogP contribution in [0.3, 0.4) is 0 Å². The minimum Gasteiger partial charge on any atom is -0.399 e. The third-order valence-corrected chi connectivity index (χ3v) is 3.82. The van der Waals surface area contributed by atoms with Crippen LogP contribution < -0.4 is 16.6 Å². The maximum absolute atomic E-state index is 12.3. The summed E-state index contributed by atoms with van der Waals surface area (Å²) in [5.74, 6) is 0.953. The van der Waals surface area contributed by atoms with Crippen molar-refractivity contribution in [2.24, 2.45) is 0 Å². The van der Waals surface area contributed by atoms with Crippen LogP contribution in [0.5, 0.6) is 0 Å². The van der Waals surface area contributed by atoms with E-state index in [0.717, 1.165) is 11.3 Å². The summed E-state index contributed by atoms with van der Waals surface area (Å²) in [4.78, 5) is 21.2. The molecule has 2 aromatic heterocycles. The molecule has 25 heavy (non-hydrogen) atoms. The minimum absolute atomic E-state index is 0.200. The number of nitrogen functional groups attached to an aromatic ring is 1. The summed E-state index contributed by atoms with van der Waals surface area (Å²) in [5.41, 5.74) is 8.59. The van der Waals surface area contributed by atoms with E-state index in [9.17, 15) is 4.79 Å². The van der Waals surface area contributed by atoms with E-state index in [4.69, 9.17) is 5.73 Å². The summed E-state index contributed by atoms with van der Waals surface area (Å²) >= 11 is 0. The molecular formula is C18H16N6O. The van der Waals surface area contributed by atoms with Gasteiger partial charge in [0.2, 0.25) is 0 Å². The molecule has 2 heterocycles. The van der Waals surface area contributed by atoms with Gasteiger partial charge in [0.15, 0.2) is 5.82 Å². The number of rotatable bonds is 4. The van der Waals surface area contributed by atoms with Crippen molar-refractivity contribution in [2.45, 2.75) is 6.54 Å². The number of hydrogen-bond donors (Lipinski definition) is 3. The average Bonchev–Trinajstić information content (AvgIpc) is 3.07. The van der Waals surface area contributed by atoms with Gasteiger partial charge < -0.3 is 11.1 Å². The monoisotopic (exact) mass is 332 g/mol. The van der Waals surface area contributed by atoms with Gasteiger partial charge in [-0.2, -0.15) is 9.50 Å². The van der Waals surface area contributed by atoms with Crippen LogP contribution in [-0.4, -0.2) is 19.6 Å². The normalized spacial score (nSPS) is 10.9. The molecule has 0 radical (unpaired) electrons. The van der Waals surface area contributed by atoms with E-state index in [1.807, 2.05) is 54.6 Å². The van der Waals surface area contributed by atoms with Crippen molar-refractivity contribution in [3.8, 4) is 11.4 Å². The van der Waals surface area contributed by atoms with Crippen LogP contribution in [0.1, 0.15) is 5.69 Å². The first-order chi connectivity index (χ1) is 12.2. The zero-order chi connectivity index (χ0) is 17.2. The van der Waals surface area contributed by atoms with Gasteiger partial charge >= 0.3 is 0 Å². The topological polar surface area (TPSA) is 101 Å². The Bertz CT molecular complexity index is 1070. The number of H-pyrrole nitrogens is 1. The maximum Gasteiger partial charge on any atom is 0.274 e. The lowest BCUT2D eigenvalue weighted by atomic mass is 10.2. The molecule has 0 aliphatic carbocycles. The highest BCUT2D eigenvalue weighted by Gasteiger charge is 2.09. The Hall–Kier alpha value is -3.61. The van der Waals surface area contributed by atoms with Gasteiger partial charge in [-0.25, -0.2) is 4.98 Å². The van der Waals surface area contributed by atoms with Crippen molar-refractivity contribution in [1.82, 2.24) is 19.6 Å². The second kappa shape index (κ2) is 6.12. The smallest absolute Gasteiger partial charge is 0.274 e. The Morgan fingerprint density at radius 3 is 2.56 bits per heavy atom. The van der Waals surface area contributed by atoms with Gasteiger partial charge in [0.05, 0.1) is 12.2 Å². The van der Waals surface area contributed by atoms with Crippen molar-refractivity contribution in [3.05, 3.63) is 76.7 Å². The predicted octanol–water partition coefficient (Wildman–Crippen LogP) is 2.28. The number of aromatic nitrogens is 4. The number of nitrogens with two attached hydrogens (primary N) is 1. The van der Waals surface area contributed by atoms with Crippen LogP contribution in [0.4, 0.5) is 11.4 Å². The number of benzene rings is 2. The van der Waals surface area contributed by atoms with Gasteiger partial charge in [-0.1, -0.05) is 30.3 Å². The molecule has 0 saturated carbocycles. The fourth-order valence-corrected chi connectivity index (χ4v) is 2.54. The molecule has 0 unspecified atom stereocenters. The van der Waals surface area contributed by atoms with Crippen molar-refractivity contribution >= 4 is 17.2 Å². The van der Waals surface area contributed by atoms with Crippen molar-refractivity contribution in [2.75, 3.05) is 11.1 Å². The number of fused-ring (bicyclic) bond motifs is 1. The van der Waals surface area contributed by atoms with Gasteiger partial charge in [0.25, 0.3) is 11.3 Å². The fourth-order valence-electron chi connectivity index (χ4n) is 2.54. The van der Waals surface area contributed by atoms with E-state index >= 15 is 0 Å². The molecule has 0 saturated heterocycles. The molecule has 0 fully saturated rings. The molecule has 2 aromatic carbocycles. The molecular weight excluding hydrogens is 316 g/mol. The SMILES string of the molecule is Nc1ccc(NCc2cc(=O)n3[nH]c(-c4ccccc4)nc3n2)cc1. The molecule has 7 nitrogen and oxygen atoms in total. The summed E-state index contributed by atoms with van der Waals surface area (Å²) in [6.45, 7) is 0.420. The van der Waals surface area contributed by atoms with Crippen molar-refractivity contribution < 1.29 is 0 Å². The average molecular weight is 332 g/mol. The van der Waals surface area contributed by atoms with E-state index in [0.29, 0.717) is 29.5 Å². The standard InChI is InChI=1S/C18H16N6O/c19-13-6-8-14(9-7-13)20-11-15-10-16(25)24-18(21-15)22-17(23-24)12-4-2-1-3-5-12/h1-10,20H,11,19H2,(H,21,22,23). The largest absolute Gasteiger partial charge is 0.399 e. The fraction of sp³-hybridized carbons (Fsp3) is 0.0556. The Morgan fingerprint density at radius 2 is 1.80 bits per heavy atom. The lowest BCUT2D eigenvalue weighted by Gasteiger charge is -2.05. The summed E-state index contributed by atoms with van der Waals surface area (Å²) in [7, 11) is 0. The Balaban J connectivity index is 1.62. The van der Waals surface area contributed by atoms with Crippen LogP contribution in [-0.2, 0) is 6.54 Å². The molecule has 0 bridgehead atoms. The van der Waals surface area contributed by atoms with E-state index in [-0.39, 0.29) is 5.56 Å². The second-order valence-corrected chi connectivity index (χ2v) is 5.63. The highest BCUT2D eigenvalue weighted by Crippen LogP contribution is 2.15. The zero-order valence-corrected chi connectivity index (χ0v) is 13.3. The third kappa shape index (κ3) is 3.07. The van der Waals surface area contributed by atoms with Gasteiger partial charge in [-0.15, -0.1) is 0 Å². The maximum atomic E-state index is 12.3. The molecule has 0 aliphatic heterocycles. The van der Waals surface area contributed by atoms with Crippen molar-refractivity contribution in [3.63, 3.8) is 0 Å². The number of nitrogens with one attached hydrogen (secondary N) is 2. The van der Waals surface area contributed by atoms with E-state index in [1.54, 1.807) is 0 Å². The van der Waals surface area contributed by atoms with Crippen LogP contribution in [0.2, 0.25) is 0 Å². The zero-order valence-electron chi connectivity index (χ0n) is 13.3. The van der Waals surface area contributed by atoms with Crippen LogP contribution in [0, 0.1) is 0 Å². The predicted molar refractivity (Wildman–Crippen MR) is 97.2 cm³/mol. The second-order valence-electron chi connectivity index (χ2n) is 5.63. The van der Waals surface area contributed by atoms with Crippen molar-refractivity contribution in [1.29, 1.82) is 0 Å². The van der Waals surface area contributed by atoms with Gasteiger partial charge in [-0.3, -0.25) is 9.89 Å². The first kappa shape index (κ1) is 14.9. The van der Waals surface area contributed by atoms with Crippen LogP contribution in [0.25, 0.3) is 17.2 Å². The van der Waals surface area contributed by atoms with Crippen LogP contribution >= 0.6 is 0 Å². The van der Waals surface area contributed by atoms with Gasteiger partial charge in [-0.05, 0) is 24.3 Å². The minimum atomic E-state index is -0.200. The quantitative estimate of drug-likeness (QED) is 0.498. The highest BCUT2D eigenvalue weighted by atomic mass is 16.1. The molecule has 4 aromatic rings. The Kier molecular flexibility index (Phi) is 3.66. The summed E-state index contributed by atoms with van der Waals surface area (Å²) < 4.78 is 1.34. The molecule has 7 heteroatoms. The molecule has 0 atom stereocenters. The Labute approximate surface area is 143 Å². The lowest BCUT2D eigenvalue weighted by Crippen LogP contribution is -2.17. The number of aromatic amines is 1. The Morgan fingerprint density at radius 1 is 1.04 bits per heavy atom. The first-order valence-electron chi connectivity index (χ1n) is 7.82. The molecule has 0 spiro atoms. The molecule has 0 amide bonds. The van der Waals surface area contributed by atoms with Gasteiger partial charge in [0, 0.05) is 23.0 Å². The number of nitrogens with zero attached hydrogens (tertiary/aromatic N) is 3. The van der Waals surface area contributed by atoms with E-state index in [2.05, 4.69) is 20.4 Å². The van der Waals surface area contributed by atoms with E-state index < -0.39 is 0 Å². The number of hydrogen-bond acceptors (Lipinski definition) is 5. The summed E-state index contributed by atoms with van der Waals surface area (Å²) in [5, 5.41) is 6.20. The molecule has 4 rings (SSSR count). The third-order valence-electron chi connectivity index (χ3n) is 3.82.